The normalized spacial score (nSPS) is 19.9. The lowest BCUT2D eigenvalue weighted by atomic mass is 9.96. The Kier molecular flexibility index (Phi) is 4.96. The number of alkyl halides is 3. The quantitative estimate of drug-likeness (QED) is 0.882. The first-order valence-corrected chi connectivity index (χ1v) is 7.38. The Morgan fingerprint density at radius 1 is 1.35 bits per heavy atom. The molecular formula is C14H17BrF3NO. The zero-order valence-electron chi connectivity index (χ0n) is 11.2. The Hall–Kier alpha value is -0.750. The summed E-state index contributed by atoms with van der Waals surface area (Å²) < 4.78 is 44.0. The third kappa shape index (κ3) is 3.67. The van der Waals surface area contributed by atoms with Crippen LogP contribution >= 0.6 is 15.9 Å². The number of nitrogens with one attached hydrogen (secondary N) is 1. The van der Waals surface area contributed by atoms with Crippen LogP contribution in [0.2, 0.25) is 0 Å². The Balaban J connectivity index is 2.27. The Morgan fingerprint density at radius 3 is 2.65 bits per heavy atom. The third-order valence-electron chi connectivity index (χ3n) is 3.56. The molecular weight excluding hydrogens is 335 g/mol. The molecule has 6 heteroatoms. The maximum Gasteiger partial charge on any atom is 0.416 e. The van der Waals surface area contributed by atoms with Crippen molar-refractivity contribution in [2.45, 2.75) is 37.9 Å². The van der Waals surface area contributed by atoms with E-state index in [4.69, 9.17) is 4.74 Å². The first-order chi connectivity index (χ1) is 9.41. The van der Waals surface area contributed by atoms with Crippen LogP contribution in [0.4, 0.5) is 13.2 Å². The number of hydrogen-bond donors (Lipinski definition) is 1. The fourth-order valence-electron chi connectivity index (χ4n) is 2.50. The lowest BCUT2D eigenvalue weighted by Gasteiger charge is -2.25. The maximum absolute atomic E-state index is 12.8. The predicted molar refractivity (Wildman–Crippen MR) is 75.0 cm³/mol. The van der Waals surface area contributed by atoms with E-state index >= 15 is 0 Å². The number of hydrogen-bond acceptors (Lipinski definition) is 2. The predicted octanol–water partition coefficient (Wildman–Crippen LogP) is 4.16. The lowest BCUT2D eigenvalue weighted by Crippen LogP contribution is -2.35. The van der Waals surface area contributed by atoms with Crippen LogP contribution in [0.25, 0.3) is 0 Å². The molecule has 1 aliphatic rings. The molecule has 1 fully saturated rings. The van der Waals surface area contributed by atoms with E-state index in [0.717, 1.165) is 43.5 Å². The molecule has 1 aromatic carbocycles. The van der Waals surface area contributed by atoms with Crippen LogP contribution in [0.3, 0.4) is 0 Å². The van der Waals surface area contributed by atoms with Gasteiger partial charge >= 0.3 is 6.18 Å². The van der Waals surface area contributed by atoms with Crippen molar-refractivity contribution in [1.29, 1.82) is 0 Å². The van der Waals surface area contributed by atoms with Gasteiger partial charge in [-0.15, -0.1) is 0 Å². The minimum absolute atomic E-state index is 0.291. The molecule has 2 rings (SSSR count). The van der Waals surface area contributed by atoms with Crippen LogP contribution in [0.15, 0.2) is 16.6 Å². The summed E-state index contributed by atoms with van der Waals surface area (Å²) in [4.78, 5) is 0. The topological polar surface area (TPSA) is 21.3 Å². The van der Waals surface area contributed by atoms with Crippen molar-refractivity contribution in [2.24, 2.45) is 0 Å². The largest absolute Gasteiger partial charge is 0.496 e. The van der Waals surface area contributed by atoms with Crippen molar-refractivity contribution in [3.05, 3.63) is 27.7 Å². The van der Waals surface area contributed by atoms with E-state index in [1.165, 1.54) is 7.11 Å². The summed E-state index contributed by atoms with van der Waals surface area (Å²) in [6, 6.07) is 2.49. The standard InChI is InChI=1S/C14H17BrF3NO/c1-20-13-7-9(14(16,17)18)6-12(15)11(13)8-10-4-2-3-5-19-10/h6-7,10,19H,2-5,8H2,1H3. The SMILES string of the molecule is COc1cc(C(F)(F)F)cc(Br)c1CC1CCCCN1. The summed E-state index contributed by atoms with van der Waals surface area (Å²) >= 11 is 3.25. The van der Waals surface area contributed by atoms with Gasteiger partial charge in [0.25, 0.3) is 0 Å². The zero-order valence-corrected chi connectivity index (χ0v) is 12.8. The average Bonchev–Trinajstić information content (AvgIpc) is 2.40. The molecule has 1 saturated heterocycles. The summed E-state index contributed by atoms with van der Waals surface area (Å²) in [6.07, 6.45) is -0.351. The number of methoxy groups -OCH3 is 1. The molecule has 0 bridgehead atoms. The molecule has 2 nitrogen and oxygen atoms in total. The van der Waals surface area contributed by atoms with E-state index in [1.54, 1.807) is 0 Å². The van der Waals surface area contributed by atoms with E-state index in [0.29, 0.717) is 22.7 Å². The Labute approximate surface area is 124 Å². The number of piperidine rings is 1. The van der Waals surface area contributed by atoms with Gasteiger partial charge in [-0.25, -0.2) is 0 Å². The lowest BCUT2D eigenvalue weighted by molar-refractivity contribution is -0.137. The van der Waals surface area contributed by atoms with Crippen molar-refractivity contribution in [1.82, 2.24) is 5.32 Å². The van der Waals surface area contributed by atoms with Gasteiger partial charge < -0.3 is 10.1 Å². The van der Waals surface area contributed by atoms with E-state index < -0.39 is 11.7 Å². The smallest absolute Gasteiger partial charge is 0.416 e. The van der Waals surface area contributed by atoms with Crippen LogP contribution < -0.4 is 10.1 Å². The van der Waals surface area contributed by atoms with Gasteiger partial charge in [0.15, 0.2) is 0 Å². The van der Waals surface area contributed by atoms with Gasteiger partial charge in [-0.2, -0.15) is 13.2 Å². The molecule has 112 valence electrons. The second kappa shape index (κ2) is 6.35. The second-order valence-electron chi connectivity index (χ2n) is 4.99. The van der Waals surface area contributed by atoms with Crippen molar-refractivity contribution in [2.75, 3.05) is 13.7 Å². The summed E-state index contributed by atoms with van der Waals surface area (Å²) in [7, 11) is 1.40. The fourth-order valence-corrected chi connectivity index (χ4v) is 3.10. The molecule has 0 radical (unpaired) electrons. The molecule has 1 aliphatic heterocycles. The summed E-state index contributed by atoms with van der Waals surface area (Å²) in [5.41, 5.74) is 0.0986. The third-order valence-corrected chi connectivity index (χ3v) is 4.27. The van der Waals surface area contributed by atoms with Crippen molar-refractivity contribution < 1.29 is 17.9 Å². The van der Waals surface area contributed by atoms with Crippen LogP contribution in [0, 0.1) is 0 Å². The molecule has 1 heterocycles. The Morgan fingerprint density at radius 2 is 2.10 bits per heavy atom. The molecule has 1 aromatic rings. The number of ether oxygens (including phenoxy) is 1. The molecule has 20 heavy (non-hydrogen) atoms. The maximum atomic E-state index is 12.8. The van der Waals surface area contributed by atoms with Crippen LogP contribution in [-0.4, -0.2) is 19.7 Å². The number of halogens is 4. The van der Waals surface area contributed by atoms with Gasteiger partial charge in [0.2, 0.25) is 0 Å². The molecule has 0 saturated carbocycles. The van der Waals surface area contributed by atoms with Crippen LogP contribution in [0.5, 0.6) is 5.75 Å². The van der Waals surface area contributed by atoms with E-state index in [-0.39, 0.29) is 0 Å². The summed E-state index contributed by atoms with van der Waals surface area (Å²) in [6.45, 7) is 0.964. The monoisotopic (exact) mass is 351 g/mol. The highest BCUT2D eigenvalue weighted by Crippen LogP contribution is 2.37. The van der Waals surface area contributed by atoms with Gasteiger partial charge in [0.1, 0.15) is 5.75 Å². The summed E-state index contributed by atoms with van der Waals surface area (Å²) in [5.74, 6) is 0.291. The molecule has 0 amide bonds. The minimum atomic E-state index is -4.36. The molecule has 1 atom stereocenters. The fraction of sp³-hybridized carbons (Fsp3) is 0.571. The molecule has 0 aromatic heterocycles. The second-order valence-corrected chi connectivity index (χ2v) is 5.84. The molecule has 1 unspecified atom stereocenters. The van der Waals surface area contributed by atoms with E-state index in [1.807, 2.05) is 0 Å². The van der Waals surface area contributed by atoms with Gasteiger partial charge in [-0.3, -0.25) is 0 Å². The van der Waals surface area contributed by atoms with Crippen molar-refractivity contribution in [3.8, 4) is 5.75 Å². The Bertz CT molecular complexity index is 470. The average molecular weight is 352 g/mol. The number of benzene rings is 1. The van der Waals surface area contributed by atoms with Gasteiger partial charge in [-0.1, -0.05) is 22.4 Å². The van der Waals surface area contributed by atoms with Crippen LogP contribution in [0.1, 0.15) is 30.4 Å². The van der Waals surface area contributed by atoms with Crippen LogP contribution in [-0.2, 0) is 12.6 Å². The van der Waals surface area contributed by atoms with Gasteiger partial charge in [0, 0.05) is 16.1 Å². The molecule has 0 spiro atoms. The highest BCUT2D eigenvalue weighted by Gasteiger charge is 2.32. The number of rotatable bonds is 3. The zero-order chi connectivity index (χ0) is 14.8. The van der Waals surface area contributed by atoms with Crippen molar-refractivity contribution in [3.63, 3.8) is 0 Å². The summed E-state index contributed by atoms with van der Waals surface area (Å²) in [5, 5.41) is 3.39. The van der Waals surface area contributed by atoms with E-state index in [2.05, 4.69) is 21.2 Å². The van der Waals surface area contributed by atoms with Gasteiger partial charge in [0.05, 0.1) is 12.7 Å². The first-order valence-electron chi connectivity index (χ1n) is 6.59. The highest BCUT2D eigenvalue weighted by molar-refractivity contribution is 9.10. The first kappa shape index (κ1) is 15.6. The van der Waals surface area contributed by atoms with E-state index in [9.17, 15) is 13.2 Å². The highest BCUT2D eigenvalue weighted by atomic mass is 79.9. The minimum Gasteiger partial charge on any atom is -0.496 e. The van der Waals surface area contributed by atoms with Gasteiger partial charge in [-0.05, 0) is 37.9 Å². The molecule has 0 aliphatic carbocycles. The van der Waals surface area contributed by atoms with Crippen molar-refractivity contribution >= 4 is 15.9 Å². The molecule has 1 N–H and O–H groups in total.